The first-order chi connectivity index (χ1) is 17.5. The van der Waals surface area contributed by atoms with E-state index in [4.69, 9.17) is 11.6 Å². The molecule has 188 valence electrons. The standard InChI is InChI=1S/C26H21ClN4O4S2/c1-30(2)37(34,35)24-10-6-7-19(15-24)26-20(18-31(29-26)22-8-4-3-5-9-22)16-25(17-28)36(32,33)23-13-11-21(27)12-14-23/h3-16,18H,1-2H3/b25-16+. The molecule has 0 fully saturated rings. The van der Waals surface area contributed by atoms with Gasteiger partial charge in [0.05, 0.1) is 15.5 Å². The lowest BCUT2D eigenvalue weighted by Crippen LogP contribution is -2.22. The van der Waals surface area contributed by atoms with E-state index in [1.54, 1.807) is 24.4 Å². The number of allylic oxidation sites excluding steroid dienone is 1. The average molecular weight is 553 g/mol. The van der Waals surface area contributed by atoms with E-state index in [0.29, 0.717) is 27.5 Å². The van der Waals surface area contributed by atoms with E-state index in [1.165, 1.54) is 61.3 Å². The summed E-state index contributed by atoms with van der Waals surface area (Å²) < 4.78 is 54.5. The molecule has 8 nitrogen and oxygen atoms in total. The van der Waals surface area contributed by atoms with Crippen LogP contribution in [0.25, 0.3) is 23.0 Å². The smallest absolute Gasteiger partial charge is 0.240 e. The van der Waals surface area contributed by atoms with E-state index in [9.17, 15) is 22.1 Å². The quantitative estimate of drug-likeness (QED) is 0.305. The van der Waals surface area contributed by atoms with E-state index in [1.807, 2.05) is 30.3 Å². The third-order valence-corrected chi connectivity index (χ3v) is 9.20. The predicted molar refractivity (Wildman–Crippen MR) is 142 cm³/mol. The topological polar surface area (TPSA) is 113 Å². The van der Waals surface area contributed by atoms with Gasteiger partial charge in [-0.25, -0.2) is 25.8 Å². The number of nitrogens with zero attached hydrogens (tertiary/aromatic N) is 4. The first-order valence-corrected chi connectivity index (χ1v) is 14.1. The summed E-state index contributed by atoms with van der Waals surface area (Å²) in [5.74, 6) is 0. The van der Waals surface area contributed by atoms with Crippen LogP contribution in [-0.2, 0) is 19.9 Å². The van der Waals surface area contributed by atoms with Crippen molar-refractivity contribution in [2.45, 2.75) is 9.79 Å². The highest BCUT2D eigenvalue weighted by Gasteiger charge is 2.23. The minimum Gasteiger partial charge on any atom is -0.240 e. The number of rotatable bonds is 7. The van der Waals surface area contributed by atoms with Crippen LogP contribution in [0.2, 0.25) is 5.02 Å². The molecule has 0 bridgehead atoms. The fraction of sp³-hybridized carbons (Fsp3) is 0.0769. The van der Waals surface area contributed by atoms with E-state index in [-0.39, 0.29) is 9.79 Å². The minimum atomic E-state index is -4.16. The van der Waals surface area contributed by atoms with Gasteiger partial charge in [0, 0.05) is 36.4 Å². The summed E-state index contributed by atoms with van der Waals surface area (Å²) in [6.07, 6.45) is 2.82. The fourth-order valence-electron chi connectivity index (χ4n) is 3.50. The first kappa shape index (κ1) is 26.3. The molecule has 0 saturated carbocycles. The van der Waals surface area contributed by atoms with Gasteiger partial charge in [0.2, 0.25) is 19.9 Å². The van der Waals surface area contributed by atoms with Crippen LogP contribution < -0.4 is 0 Å². The Labute approximate surface area is 220 Å². The molecule has 1 aromatic heterocycles. The number of nitriles is 1. The Balaban J connectivity index is 1.92. The van der Waals surface area contributed by atoms with E-state index in [2.05, 4.69) is 5.10 Å². The second kappa shape index (κ2) is 10.3. The van der Waals surface area contributed by atoms with Crippen molar-refractivity contribution in [1.82, 2.24) is 14.1 Å². The fourth-order valence-corrected chi connectivity index (χ4v) is 5.72. The van der Waals surface area contributed by atoms with E-state index < -0.39 is 24.8 Å². The summed E-state index contributed by atoms with van der Waals surface area (Å²) >= 11 is 5.89. The van der Waals surface area contributed by atoms with Crippen molar-refractivity contribution >= 4 is 37.5 Å². The first-order valence-electron chi connectivity index (χ1n) is 10.8. The van der Waals surface area contributed by atoms with Crippen molar-refractivity contribution in [3.63, 3.8) is 0 Å². The molecule has 0 spiro atoms. The molecule has 0 N–H and O–H groups in total. The third kappa shape index (κ3) is 5.35. The zero-order valence-electron chi connectivity index (χ0n) is 19.8. The molecular formula is C26H21ClN4O4S2. The number of para-hydroxylation sites is 1. The van der Waals surface area contributed by atoms with Crippen molar-refractivity contribution in [1.29, 1.82) is 5.26 Å². The molecule has 0 unspecified atom stereocenters. The van der Waals surface area contributed by atoms with Gasteiger partial charge < -0.3 is 0 Å². The SMILES string of the molecule is CN(C)S(=O)(=O)c1cccc(-c2nn(-c3ccccc3)cc2/C=C(\C#N)S(=O)(=O)c2ccc(Cl)cc2)c1. The molecule has 0 aliphatic carbocycles. The Morgan fingerprint density at radius 3 is 2.24 bits per heavy atom. The molecule has 0 atom stereocenters. The second-order valence-corrected chi connectivity index (χ2v) is 12.6. The van der Waals surface area contributed by atoms with Gasteiger partial charge in [0.25, 0.3) is 0 Å². The van der Waals surface area contributed by atoms with Gasteiger partial charge >= 0.3 is 0 Å². The van der Waals surface area contributed by atoms with Crippen LogP contribution in [0.1, 0.15) is 5.56 Å². The number of halogens is 1. The number of benzene rings is 3. The van der Waals surface area contributed by atoms with Crippen LogP contribution in [0.4, 0.5) is 0 Å². The summed E-state index contributed by atoms with van der Waals surface area (Å²) in [5.41, 5.74) is 1.75. The van der Waals surface area contributed by atoms with Gasteiger partial charge in [0.1, 0.15) is 16.7 Å². The largest absolute Gasteiger partial charge is 0.242 e. The van der Waals surface area contributed by atoms with Crippen LogP contribution in [0.3, 0.4) is 0 Å². The van der Waals surface area contributed by atoms with Crippen LogP contribution in [0.5, 0.6) is 0 Å². The molecule has 0 aliphatic heterocycles. The van der Waals surface area contributed by atoms with Gasteiger partial charge in [-0.2, -0.15) is 10.4 Å². The van der Waals surface area contributed by atoms with Crippen molar-refractivity contribution < 1.29 is 16.8 Å². The number of sulfone groups is 1. The zero-order chi connectivity index (χ0) is 26.8. The highest BCUT2D eigenvalue weighted by atomic mass is 35.5. The van der Waals surface area contributed by atoms with Crippen molar-refractivity contribution in [2.75, 3.05) is 14.1 Å². The maximum Gasteiger partial charge on any atom is 0.242 e. The maximum absolute atomic E-state index is 13.2. The summed E-state index contributed by atoms with van der Waals surface area (Å²) in [4.78, 5) is -0.532. The summed E-state index contributed by atoms with van der Waals surface area (Å²) in [7, 11) is -5.03. The number of hydrogen-bond donors (Lipinski definition) is 0. The lowest BCUT2D eigenvalue weighted by atomic mass is 10.1. The highest BCUT2D eigenvalue weighted by Crippen LogP contribution is 2.30. The van der Waals surface area contributed by atoms with Crippen LogP contribution in [-0.4, -0.2) is 45.0 Å². The number of sulfonamides is 1. The Morgan fingerprint density at radius 2 is 1.62 bits per heavy atom. The Kier molecular flexibility index (Phi) is 7.34. The van der Waals surface area contributed by atoms with Gasteiger partial charge in [0.15, 0.2) is 0 Å². The normalized spacial score (nSPS) is 12.5. The maximum atomic E-state index is 13.2. The summed E-state index contributed by atoms with van der Waals surface area (Å²) in [6.45, 7) is 0. The Bertz CT molecular complexity index is 1740. The third-order valence-electron chi connectivity index (χ3n) is 5.46. The molecule has 3 aromatic carbocycles. The van der Waals surface area contributed by atoms with Gasteiger partial charge in [-0.15, -0.1) is 0 Å². The predicted octanol–water partition coefficient (Wildman–Crippen LogP) is 4.78. The number of aromatic nitrogens is 2. The van der Waals surface area contributed by atoms with Crippen LogP contribution >= 0.6 is 11.6 Å². The molecule has 4 rings (SSSR count). The summed E-state index contributed by atoms with van der Waals surface area (Å²) in [5, 5.41) is 14.8. The van der Waals surface area contributed by atoms with Gasteiger partial charge in [-0.05, 0) is 54.6 Å². The molecule has 11 heteroatoms. The van der Waals surface area contributed by atoms with Crippen LogP contribution in [0.15, 0.2) is 99.8 Å². The van der Waals surface area contributed by atoms with Crippen molar-refractivity contribution in [2.24, 2.45) is 0 Å². The monoisotopic (exact) mass is 552 g/mol. The average Bonchev–Trinajstić information content (AvgIpc) is 3.32. The van der Waals surface area contributed by atoms with E-state index in [0.717, 1.165) is 4.31 Å². The highest BCUT2D eigenvalue weighted by molar-refractivity contribution is 7.95. The minimum absolute atomic E-state index is 0.0495. The Hall–Kier alpha value is -3.75. The molecule has 0 amide bonds. The van der Waals surface area contributed by atoms with Crippen LogP contribution in [0, 0.1) is 11.3 Å². The molecule has 0 aliphatic rings. The lowest BCUT2D eigenvalue weighted by Gasteiger charge is -2.12. The van der Waals surface area contributed by atoms with E-state index >= 15 is 0 Å². The zero-order valence-corrected chi connectivity index (χ0v) is 22.2. The van der Waals surface area contributed by atoms with Crippen molar-refractivity contribution in [3.8, 4) is 23.0 Å². The second-order valence-electron chi connectivity index (χ2n) is 8.11. The molecule has 0 radical (unpaired) electrons. The summed E-state index contributed by atoms with van der Waals surface area (Å²) in [6, 6.07) is 22.6. The van der Waals surface area contributed by atoms with Gasteiger partial charge in [-0.3, -0.25) is 0 Å². The van der Waals surface area contributed by atoms with Crippen molar-refractivity contribution in [3.05, 3.63) is 101 Å². The molecular weight excluding hydrogens is 532 g/mol. The number of hydrogen-bond acceptors (Lipinski definition) is 6. The molecule has 37 heavy (non-hydrogen) atoms. The molecule has 1 heterocycles. The lowest BCUT2D eigenvalue weighted by molar-refractivity contribution is 0.521. The molecule has 0 saturated heterocycles. The molecule has 4 aromatic rings. The Morgan fingerprint density at radius 1 is 0.946 bits per heavy atom. The van der Waals surface area contributed by atoms with Gasteiger partial charge in [-0.1, -0.05) is 41.9 Å².